The highest BCUT2D eigenvalue weighted by Gasteiger charge is 2.08. The molecule has 0 bridgehead atoms. The number of allylic oxidation sites excluding steroid dienone is 1. The third-order valence-corrected chi connectivity index (χ3v) is 2.57. The van der Waals surface area contributed by atoms with E-state index < -0.39 is 0 Å². The van der Waals surface area contributed by atoms with Gasteiger partial charge in [-0.25, -0.2) is 4.79 Å². The number of hydrogen-bond donors (Lipinski definition) is 0. The number of ether oxygens (including phenoxy) is 1. The fourth-order valence-electron chi connectivity index (χ4n) is 1.52. The predicted octanol–water partition coefficient (Wildman–Crippen LogP) is 2.91. The molecule has 0 aliphatic carbocycles. The Morgan fingerprint density at radius 1 is 1.47 bits per heavy atom. The molecule has 0 heterocycles. The fraction of sp³-hybridized carbons (Fsp3) is 0.267. The number of benzene rings is 1. The lowest BCUT2D eigenvalue weighted by Crippen LogP contribution is -2.02. The first-order chi connectivity index (χ1) is 8.19. The number of esters is 1. The highest BCUT2D eigenvalue weighted by molar-refractivity contribution is 5.87. The summed E-state index contributed by atoms with van der Waals surface area (Å²) in [7, 11) is 1.37. The van der Waals surface area contributed by atoms with Crippen molar-refractivity contribution in [2.24, 2.45) is 0 Å². The summed E-state index contributed by atoms with van der Waals surface area (Å²) in [6.45, 7) is 1.73. The summed E-state index contributed by atoms with van der Waals surface area (Å²) < 4.78 is 4.62. The smallest absolute Gasteiger partial charge is 0.333 e. The molecule has 0 saturated heterocycles. The Balaban J connectivity index is 2.73. The minimum Gasteiger partial charge on any atom is -0.466 e. The second-order valence-electron chi connectivity index (χ2n) is 3.74. The Morgan fingerprint density at radius 2 is 2.12 bits per heavy atom. The van der Waals surface area contributed by atoms with Gasteiger partial charge in [0.05, 0.1) is 7.11 Å². The number of methoxy groups -OCH3 is 1. The van der Waals surface area contributed by atoms with Crippen LogP contribution in [0.15, 0.2) is 42.0 Å². The quantitative estimate of drug-likeness (QED) is 0.450. The van der Waals surface area contributed by atoms with Crippen molar-refractivity contribution in [3.8, 4) is 12.3 Å². The first-order valence-electron chi connectivity index (χ1n) is 5.45. The first kappa shape index (κ1) is 13.1. The van der Waals surface area contributed by atoms with Gasteiger partial charge in [0.1, 0.15) is 0 Å². The molecule has 0 unspecified atom stereocenters. The molecule has 1 rings (SSSR count). The molecule has 1 aromatic rings. The van der Waals surface area contributed by atoms with Gasteiger partial charge in [0.2, 0.25) is 0 Å². The van der Waals surface area contributed by atoms with Crippen LogP contribution in [0.4, 0.5) is 0 Å². The van der Waals surface area contributed by atoms with Gasteiger partial charge in [0.15, 0.2) is 0 Å². The van der Waals surface area contributed by atoms with E-state index in [2.05, 4.69) is 10.7 Å². The molecule has 88 valence electrons. The van der Waals surface area contributed by atoms with Crippen molar-refractivity contribution in [1.29, 1.82) is 0 Å². The van der Waals surface area contributed by atoms with Gasteiger partial charge in [0, 0.05) is 11.5 Å². The van der Waals surface area contributed by atoms with E-state index in [9.17, 15) is 4.79 Å². The molecule has 0 aromatic heterocycles. The lowest BCUT2D eigenvalue weighted by Gasteiger charge is -2.08. The van der Waals surface area contributed by atoms with Gasteiger partial charge >= 0.3 is 5.97 Å². The first-order valence-corrected chi connectivity index (χ1v) is 5.45. The average molecular weight is 228 g/mol. The second kappa shape index (κ2) is 6.55. The van der Waals surface area contributed by atoms with E-state index in [-0.39, 0.29) is 11.9 Å². The Labute approximate surface area is 102 Å². The third-order valence-electron chi connectivity index (χ3n) is 2.57. The van der Waals surface area contributed by atoms with Gasteiger partial charge in [-0.2, -0.15) is 0 Å². The van der Waals surface area contributed by atoms with Crippen LogP contribution >= 0.6 is 0 Å². The molecular weight excluding hydrogens is 212 g/mol. The molecule has 0 aliphatic heterocycles. The molecule has 1 aromatic carbocycles. The van der Waals surface area contributed by atoms with Crippen LogP contribution in [0.25, 0.3) is 0 Å². The summed E-state index contributed by atoms with van der Waals surface area (Å²) in [5, 5.41) is 0. The lowest BCUT2D eigenvalue weighted by atomic mass is 9.96. The van der Waals surface area contributed by atoms with Crippen LogP contribution in [0.2, 0.25) is 0 Å². The number of terminal acetylenes is 1. The molecule has 0 aliphatic rings. The zero-order valence-corrected chi connectivity index (χ0v) is 10.1. The summed E-state index contributed by atoms with van der Waals surface area (Å²) >= 11 is 0. The van der Waals surface area contributed by atoms with Crippen molar-refractivity contribution in [3.05, 3.63) is 47.5 Å². The molecule has 0 radical (unpaired) electrons. The van der Waals surface area contributed by atoms with Crippen LogP contribution in [0, 0.1) is 12.3 Å². The monoisotopic (exact) mass is 228 g/mol. The largest absolute Gasteiger partial charge is 0.466 e. The van der Waals surface area contributed by atoms with Crippen LogP contribution in [-0.4, -0.2) is 13.1 Å². The SMILES string of the molecule is C#C[C@@H](C/C=C(\C)C(=O)OC)c1ccccc1. The maximum Gasteiger partial charge on any atom is 0.333 e. The van der Waals surface area contributed by atoms with Gasteiger partial charge in [-0.3, -0.25) is 0 Å². The van der Waals surface area contributed by atoms with E-state index >= 15 is 0 Å². The maximum atomic E-state index is 11.2. The van der Waals surface area contributed by atoms with Crippen LogP contribution in [-0.2, 0) is 9.53 Å². The molecule has 2 heteroatoms. The van der Waals surface area contributed by atoms with Crippen molar-refractivity contribution in [2.45, 2.75) is 19.3 Å². The normalized spacial score (nSPS) is 12.6. The molecule has 2 nitrogen and oxygen atoms in total. The van der Waals surface area contributed by atoms with Gasteiger partial charge in [-0.1, -0.05) is 42.3 Å². The zero-order chi connectivity index (χ0) is 12.7. The summed E-state index contributed by atoms with van der Waals surface area (Å²) in [6, 6.07) is 9.84. The van der Waals surface area contributed by atoms with E-state index in [4.69, 9.17) is 6.42 Å². The van der Waals surface area contributed by atoms with Crippen molar-refractivity contribution >= 4 is 5.97 Å². The minimum atomic E-state index is -0.311. The Hall–Kier alpha value is -2.01. The molecule has 0 amide bonds. The third kappa shape index (κ3) is 3.81. The van der Waals surface area contributed by atoms with Gasteiger partial charge in [-0.15, -0.1) is 6.42 Å². The van der Waals surface area contributed by atoms with Crippen LogP contribution in [0.1, 0.15) is 24.8 Å². The summed E-state index contributed by atoms with van der Waals surface area (Å²) in [5.74, 6) is 2.42. The highest BCUT2D eigenvalue weighted by Crippen LogP contribution is 2.19. The van der Waals surface area contributed by atoms with Crippen LogP contribution in [0.5, 0.6) is 0 Å². The van der Waals surface area contributed by atoms with E-state index in [1.807, 2.05) is 36.4 Å². The van der Waals surface area contributed by atoms with E-state index in [0.717, 1.165) is 5.56 Å². The molecule has 17 heavy (non-hydrogen) atoms. The van der Waals surface area contributed by atoms with Crippen LogP contribution < -0.4 is 0 Å². The summed E-state index contributed by atoms with van der Waals surface area (Å²) in [5.41, 5.74) is 1.67. The molecule has 0 fully saturated rings. The van der Waals surface area contributed by atoms with Gasteiger partial charge in [0.25, 0.3) is 0 Å². The number of rotatable bonds is 4. The highest BCUT2D eigenvalue weighted by atomic mass is 16.5. The number of hydrogen-bond acceptors (Lipinski definition) is 2. The molecule has 1 atom stereocenters. The molecule has 0 saturated carbocycles. The Kier molecular flexibility index (Phi) is 5.03. The standard InChI is InChI=1S/C15H16O2/c1-4-13(14-8-6-5-7-9-14)11-10-12(2)15(16)17-3/h1,5-10,13H,11H2,2-3H3/b12-10+/t13-/m0/s1. The van der Waals surface area contributed by atoms with E-state index in [1.54, 1.807) is 6.92 Å². The zero-order valence-electron chi connectivity index (χ0n) is 10.1. The summed E-state index contributed by atoms with van der Waals surface area (Å²) in [6.07, 6.45) is 7.97. The minimum absolute atomic E-state index is 0.00388. The fourth-order valence-corrected chi connectivity index (χ4v) is 1.52. The second-order valence-corrected chi connectivity index (χ2v) is 3.74. The van der Waals surface area contributed by atoms with Crippen molar-refractivity contribution in [3.63, 3.8) is 0 Å². The number of carbonyl (C=O) groups excluding carboxylic acids is 1. The molecule has 0 spiro atoms. The van der Waals surface area contributed by atoms with Crippen molar-refractivity contribution < 1.29 is 9.53 Å². The Morgan fingerprint density at radius 3 is 2.65 bits per heavy atom. The summed E-state index contributed by atoms with van der Waals surface area (Å²) in [4.78, 5) is 11.2. The lowest BCUT2D eigenvalue weighted by molar-refractivity contribution is -0.136. The molecule has 0 N–H and O–H groups in total. The van der Waals surface area contributed by atoms with Gasteiger partial charge < -0.3 is 4.74 Å². The molecular formula is C15H16O2. The van der Waals surface area contributed by atoms with Crippen molar-refractivity contribution in [1.82, 2.24) is 0 Å². The average Bonchev–Trinajstić information content (AvgIpc) is 2.39. The van der Waals surface area contributed by atoms with Gasteiger partial charge in [-0.05, 0) is 18.9 Å². The predicted molar refractivity (Wildman–Crippen MR) is 68.4 cm³/mol. The Bertz CT molecular complexity index is 438. The van der Waals surface area contributed by atoms with Crippen molar-refractivity contribution in [2.75, 3.05) is 7.11 Å². The van der Waals surface area contributed by atoms with E-state index in [1.165, 1.54) is 7.11 Å². The topological polar surface area (TPSA) is 26.3 Å². The maximum absolute atomic E-state index is 11.2. The van der Waals surface area contributed by atoms with Crippen LogP contribution in [0.3, 0.4) is 0 Å². The van der Waals surface area contributed by atoms with E-state index in [0.29, 0.717) is 12.0 Å². The number of carbonyl (C=O) groups is 1.